The number of ether oxygens (including phenoxy) is 1. The highest BCUT2D eigenvalue weighted by Crippen LogP contribution is 2.11. The molecule has 0 saturated heterocycles. The van der Waals surface area contributed by atoms with Crippen molar-refractivity contribution in [3.63, 3.8) is 0 Å². The zero-order valence-electron chi connectivity index (χ0n) is 11.2. The van der Waals surface area contributed by atoms with E-state index in [0.29, 0.717) is 0 Å². The maximum Gasteiger partial charge on any atom is 0.0873 e. The van der Waals surface area contributed by atoms with E-state index in [2.05, 4.69) is 13.5 Å². The molecule has 96 valence electrons. The second kappa shape index (κ2) is 14.5. The maximum absolute atomic E-state index is 5.08. The van der Waals surface area contributed by atoms with Gasteiger partial charge in [0.25, 0.3) is 0 Å². The molecular weight excluding hydrogens is 196 g/mol. The van der Waals surface area contributed by atoms with Crippen LogP contribution in [-0.2, 0) is 4.74 Å². The van der Waals surface area contributed by atoms with E-state index in [-0.39, 0.29) is 0 Å². The summed E-state index contributed by atoms with van der Waals surface area (Å²) in [5.41, 5.74) is 0. The van der Waals surface area contributed by atoms with Crippen LogP contribution in [0.25, 0.3) is 0 Å². The van der Waals surface area contributed by atoms with Crippen LogP contribution in [0.15, 0.2) is 12.8 Å². The Balaban J connectivity index is 2.85. The van der Waals surface area contributed by atoms with Crippen molar-refractivity contribution in [1.29, 1.82) is 0 Å². The monoisotopic (exact) mass is 226 g/mol. The average Bonchev–Trinajstić information content (AvgIpc) is 2.31. The Morgan fingerprint density at radius 3 is 1.62 bits per heavy atom. The van der Waals surface area contributed by atoms with E-state index in [0.717, 1.165) is 6.61 Å². The minimum absolute atomic E-state index is 0.848. The summed E-state index contributed by atoms with van der Waals surface area (Å²) in [7, 11) is 0. The quantitative estimate of drug-likeness (QED) is 0.299. The van der Waals surface area contributed by atoms with Gasteiger partial charge in [-0.1, -0.05) is 77.7 Å². The topological polar surface area (TPSA) is 9.23 Å². The summed E-state index contributed by atoms with van der Waals surface area (Å²) in [6.07, 6.45) is 16.8. The predicted octanol–water partition coefficient (Wildman–Crippen LogP) is 5.46. The lowest BCUT2D eigenvalue weighted by molar-refractivity contribution is 0.241. The minimum atomic E-state index is 0.848. The third-order valence-electron chi connectivity index (χ3n) is 2.98. The summed E-state index contributed by atoms with van der Waals surface area (Å²) in [5, 5.41) is 0. The van der Waals surface area contributed by atoms with Gasteiger partial charge in [0.05, 0.1) is 12.9 Å². The van der Waals surface area contributed by atoms with Crippen molar-refractivity contribution in [2.24, 2.45) is 0 Å². The van der Waals surface area contributed by atoms with Crippen LogP contribution in [0.4, 0.5) is 0 Å². The van der Waals surface area contributed by atoms with E-state index in [1.807, 2.05) is 0 Å². The van der Waals surface area contributed by atoms with Crippen LogP contribution in [0.3, 0.4) is 0 Å². The van der Waals surface area contributed by atoms with Crippen molar-refractivity contribution in [3.05, 3.63) is 12.8 Å². The molecule has 1 heteroatoms. The molecule has 0 amide bonds. The van der Waals surface area contributed by atoms with Crippen LogP contribution < -0.4 is 0 Å². The van der Waals surface area contributed by atoms with Crippen LogP contribution in [0.1, 0.15) is 77.6 Å². The lowest BCUT2D eigenvalue weighted by Crippen LogP contribution is -1.87. The Bertz CT molecular complexity index is 131. The highest BCUT2D eigenvalue weighted by atomic mass is 16.5. The Morgan fingerprint density at radius 1 is 0.750 bits per heavy atom. The van der Waals surface area contributed by atoms with Gasteiger partial charge in [0, 0.05) is 0 Å². The Kier molecular flexibility index (Phi) is 14.1. The molecular formula is C15H30O. The molecule has 0 fully saturated rings. The summed E-state index contributed by atoms with van der Waals surface area (Å²) in [5.74, 6) is 0. The fourth-order valence-corrected chi connectivity index (χ4v) is 1.93. The molecule has 0 N–H and O–H groups in total. The second-order valence-electron chi connectivity index (χ2n) is 4.57. The van der Waals surface area contributed by atoms with E-state index in [9.17, 15) is 0 Å². The molecule has 0 spiro atoms. The number of unbranched alkanes of at least 4 members (excludes halogenated alkanes) is 10. The molecule has 0 saturated carbocycles. The minimum Gasteiger partial charge on any atom is -0.502 e. The van der Waals surface area contributed by atoms with Gasteiger partial charge >= 0.3 is 0 Å². The first-order valence-electron chi connectivity index (χ1n) is 7.14. The van der Waals surface area contributed by atoms with Crippen molar-refractivity contribution >= 4 is 0 Å². The normalized spacial score (nSPS) is 10.3. The van der Waals surface area contributed by atoms with Crippen LogP contribution in [0.5, 0.6) is 0 Å². The SMILES string of the molecule is C=COCCCCCCCCCCCCC. The van der Waals surface area contributed by atoms with Crippen molar-refractivity contribution < 1.29 is 4.74 Å². The van der Waals surface area contributed by atoms with Gasteiger partial charge in [-0.3, -0.25) is 0 Å². The van der Waals surface area contributed by atoms with Crippen molar-refractivity contribution in [1.82, 2.24) is 0 Å². The second-order valence-corrected chi connectivity index (χ2v) is 4.57. The van der Waals surface area contributed by atoms with E-state index >= 15 is 0 Å². The molecule has 0 aromatic carbocycles. The van der Waals surface area contributed by atoms with Crippen molar-refractivity contribution in [2.45, 2.75) is 77.6 Å². The largest absolute Gasteiger partial charge is 0.502 e. The van der Waals surface area contributed by atoms with Gasteiger partial charge in [0.2, 0.25) is 0 Å². The fraction of sp³-hybridized carbons (Fsp3) is 0.867. The zero-order valence-corrected chi connectivity index (χ0v) is 11.2. The average molecular weight is 226 g/mol. The Labute approximate surface area is 102 Å². The summed E-state index contributed by atoms with van der Waals surface area (Å²) >= 11 is 0. The first kappa shape index (κ1) is 15.5. The lowest BCUT2D eigenvalue weighted by Gasteiger charge is -2.02. The van der Waals surface area contributed by atoms with Crippen LogP contribution in [0, 0.1) is 0 Å². The van der Waals surface area contributed by atoms with E-state index in [1.54, 1.807) is 0 Å². The molecule has 0 aromatic rings. The zero-order chi connectivity index (χ0) is 11.9. The van der Waals surface area contributed by atoms with Crippen molar-refractivity contribution in [2.75, 3.05) is 6.61 Å². The summed E-state index contributed by atoms with van der Waals surface area (Å²) in [4.78, 5) is 0. The fourth-order valence-electron chi connectivity index (χ4n) is 1.93. The summed E-state index contributed by atoms with van der Waals surface area (Å²) < 4.78 is 5.08. The molecule has 0 unspecified atom stereocenters. The van der Waals surface area contributed by atoms with Gasteiger partial charge < -0.3 is 4.74 Å². The predicted molar refractivity (Wildman–Crippen MR) is 72.6 cm³/mol. The highest BCUT2D eigenvalue weighted by molar-refractivity contribution is 4.50. The molecule has 0 aromatic heterocycles. The Hall–Kier alpha value is -0.460. The molecule has 0 rings (SSSR count). The van der Waals surface area contributed by atoms with Gasteiger partial charge in [-0.05, 0) is 6.42 Å². The van der Waals surface area contributed by atoms with Gasteiger partial charge in [0.1, 0.15) is 0 Å². The smallest absolute Gasteiger partial charge is 0.0873 e. The highest BCUT2D eigenvalue weighted by Gasteiger charge is 1.92. The van der Waals surface area contributed by atoms with E-state index in [1.165, 1.54) is 76.9 Å². The van der Waals surface area contributed by atoms with Gasteiger partial charge in [-0.25, -0.2) is 0 Å². The molecule has 0 aliphatic heterocycles. The first-order chi connectivity index (χ1) is 7.91. The van der Waals surface area contributed by atoms with E-state index < -0.39 is 0 Å². The maximum atomic E-state index is 5.08. The number of rotatable bonds is 13. The summed E-state index contributed by atoms with van der Waals surface area (Å²) in [6, 6.07) is 0. The standard InChI is InChI=1S/C15H30O/c1-3-5-6-7-8-9-10-11-12-13-14-15-16-4-2/h4H,2-3,5-15H2,1H3. The summed E-state index contributed by atoms with van der Waals surface area (Å²) in [6.45, 7) is 6.65. The molecule has 1 nitrogen and oxygen atoms in total. The molecule has 0 radical (unpaired) electrons. The molecule has 0 aliphatic rings. The lowest BCUT2D eigenvalue weighted by atomic mass is 10.1. The van der Waals surface area contributed by atoms with Crippen LogP contribution in [-0.4, -0.2) is 6.61 Å². The van der Waals surface area contributed by atoms with Gasteiger partial charge in [0.15, 0.2) is 0 Å². The van der Waals surface area contributed by atoms with Gasteiger partial charge in [-0.15, -0.1) is 0 Å². The molecule has 16 heavy (non-hydrogen) atoms. The van der Waals surface area contributed by atoms with Crippen LogP contribution >= 0.6 is 0 Å². The third kappa shape index (κ3) is 13.5. The molecule has 0 atom stereocenters. The van der Waals surface area contributed by atoms with Crippen molar-refractivity contribution in [3.8, 4) is 0 Å². The van der Waals surface area contributed by atoms with Gasteiger partial charge in [-0.2, -0.15) is 0 Å². The van der Waals surface area contributed by atoms with E-state index in [4.69, 9.17) is 4.74 Å². The first-order valence-corrected chi connectivity index (χ1v) is 7.14. The molecule has 0 bridgehead atoms. The third-order valence-corrected chi connectivity index (χ3v) is 2.98. The number of hydrogen-bond acceptors (Lipinski definition) is 1. The molecule has 0 heterocycles. The molecule has 0 aliphatic carbocycles. The number of hydrogen-bond donors (Lipinski definition) is 0. The Morgan fingerprint density at radius 2 is 1.19 bits per heavy atom. The van der Waals surface area contributed by atoms with Crippen LogP contribution in [0.2, 0.25) is 0 Å².